The van der Waals surface area contributed by atoms with Crippen LogP contribution in [0.5, 0.6) is 0 Å². The molecule has 0 bridgehead atoms. The fourth-order valence-electron chi connectivity index (χ4n) is 2.17. The predicted molar refractivity (Wildman–Crippen MR) is 73.3 cm³/mol. The fourth-order valence-corrected chi connectivity index (χ4v) is 2.38. The number of rotatable bonds is 4. The van der Waals surface area contributed by atoms with Crippen molar-refractivity contribution in [3.05, 3.63) is 21.6 Å². The van der Waals surface area contributed by atoms with Gasteiger partial charge in [-0.2, -0.15) is 5.10 Å². The number of piperidine rings is 1. The first-order valence-corrected chi connectivity index (χ1v) is 6.80. The third kappa shape index (κ3) is 3.03. The monoisotopic (exact) mass is 270 g/mol. The first-order chi connectivity index (χ1) is 8.72. The molecule has 1 aliphatic heterocycles. The Kier molecular flexibility index (Phi) is 4.60. The number of nitrogens with zero attached hydrogens (tertiary/aromatic N) is 2. The van der Waals surface area contributed by atoms with Crippen LogP contribution in [-0.2, 0) is 6.54 Å². The molecule has 2 N–H and O–H groups in total. The largest absolute Gasteiger partial charge is 0.382 e. The van der Waals surface area contributed by atoms with Crippen molar-refractivity contribution in [1.29, 1.82) is 0 Å². The molecule has 1 aromatic rings. The zero-order chi connectivity index (χ0) is 13.0. The molecule has 2 heterocycles. The average molecular weight is 271 g/mol. The highest BCUT2D eigenvalue weighted by Crippen LogP contribution is 2.17. The molecule has 1 fully saturated rings. The minimum atomic E-state index is -0.231. The molecule has 1 aliphatic rings. The van der Waals surface area contributed by atoms with Crippen molar-refractivity contribution in [1.82, 2.24) is 15.1 Å². The van der Waals surface area contributed by atoms with Gasteiger partial charge < -0.3 is 10.6 Å². The van der Waals surface area contributed by atoms with E-state index < -0.39 is 0 Å². The SMILES string of the molecule is CCn1ncc(NCC2CCCNC2)c(Cl)c1=O. The standard InChI is InChI=1S/C12H19ClN4O/c1-2-17-12(18)11(13)10(8-16-17)15-7-9-4-3-5-14-6-9/h8-9,14-15H,2-7H2,1H3. The molecule has 0 saturated carbocycles. The number of aromatic nitrogens is 2. The highest BCUT2D eigenvalue weighted by molar-refractivity contribution is 6.32. The maximum Gasteiger partial charge on any atom is 0.287 e. The van der Waals surface area contributed by atoms with Gasteiger partial charge in [0, 0.05) is 13.1 Å². The van der Waals surface area contributed by atoms with E-state index in [9.17, 15) is 4.79 Å². The molecule has 0 spiro atoms. The molecule has 1 unspecified atom stereocenters. The number of anilines is 1. The Morgan fingerprint density at radius 1 is 1.67 bits per heavy atom. The molecular weight excluding hydrogens is 252 g/mol. The normalized spacial score (nSPS) is 19.8. The van der Waals surface area contributed by atoms with Crippen LogP contribution in [0.2, 0.25) is 5.02 Å². The van der Waals surface area contributed by atoms with Gasteiger partial charge in [-0.1, -0.05) is 11.6 Å². The van der Waals surface area contributed by atoms with E-state index in [2.05, 4.69) is 15.7 Å². The molecule has 18 heavy (non-hydrogen) atoms. The Morgan fingerprint density at radius 2 is 2.50 bits per heavy atom. The van der Waals surface area contributed by atoms with E-state index in [1.54, 1.807) is 6.20 Å². The van der Waals surface area contributed by atoms with Gasteiger partial charge in [0.1, 0.15) is 5.02 Å². The maximum absolute atomic E-state index is 11.8. The Labute approximate surface area is 112 Å². The van der Waals surface area contributed by atoms with Crippen LogP contribution in [0.4, 0.5) is 5.69 Å². The first-order valence-electron chi connectivity index (χ1n) is 6.42. The molecule has 1 saturated heterocycles. The van der Waals surface area contributed by atoms with Crippen molar-refractivity contribution in [3.8, 4) is 0 Å². The lowest BCUT2D eigenvalue weighted by Gasteiger charge is -2.23. The fraction of sp³-hybridized carbons (Fsp3) is 0.667. The Hall–Kier alpha value is -1.07. The maximum atomic E-state index is 11.8. The average Bonchev–Trinajstić information content (AvgIpc) is 2.42. The van der Waals surface area contributed by atoms with Gasteiger partial charge in [-0.05, 0) is 38.8 Å². The minimum absolute atomic E-state index is 0.231. The summed E-state index contributed by atoms with van der Waals surface area (Å²) < 4.78 is 1.36. The lowest BCUT2D eigenvalue weighted by molar-refractivity contribution is 0.393. The molecule has 6 heteroatoms. The van der Waals surface area contributed by atoms with Crippen molar-refractivity contribution in [2.24, 2.45) is 5.92 Å². The Balaban J connectivity index is 2.01. The van der Waals surface area contributed by atoms with Gasteiger partial charge in [0.25, 0.3) is 5.56 Å². The molecule has 0 aromatic carbocycles. The van der Waals surface area contributed by atoms with E-state index in [0.29, 0.717) is 18.2 Å². The highest BCUT2D eigenvalue weighted by atomic mass is 35.5. The zero-order valence-corrected chi connectivity index (χ0v) is 11.3. The second kappa shape index (κ2) is 6.20. The van der Waals surface area contributed by atoms with Crippen LogP contribution < -0.4 is 16.2 Å². The lowest BCUT2D eigenvalue weighted by Crippen LogP contribution is -2.34. The van der Waals surface area contributed by atoms with Gasteiger partial charge in [0.05, 0.1) is 11.9 Å². The molecule has 2 rings (SSSR count). The van der Waals surface area contributed by atoms with Crippen LogP contribution >= 0.6 is 11.6 Å². The minimum Gasteiger partial charge on any atom is -0.382 e. The van der Waals surface area contributed by atoms with Crippen LogP contribution in [-0.4, -0.2) is 29.4 Å². The summed E-state index contributed by atoms with van der Waals surface area (Å²) in [6, 6.07) is 0. The summed E-state index contributed by atoms with van der Waals surface area (Å²) in [5.41, 5.74) is 0.405. The number of hydrogen-bond donors (Lipinski definition) is 2. The van der Waals surface area contributed by atoms with Crippen molar-refractivity contribution >= 4 is 17.3 Å². The van der Waals surface area contributed by atoms with E-state index in [-0.39, 0.29) is 10.6 Å². The first kappa shape index (κ1) is 13.4. The summed E-state index contributed by atoms with van der Waals surface area (Å²) in [4.78, 5) is 11.8. The smallest absolute Gasteiger partial charge is 0.287 e. The Morgan fingerprint density at radius 3 is 3.17 bits per heavy atom. The number of halogens is 1. The van der Waals surface area contributed by atoms with Gasteiger partial charge in [-0.25, -0.2) is 4.68 Å². The predicted octanol–water partition coefficient (Wildman–Crippen LogP) is 1.33. The zero-order valence-electron chi connectivity index (χ0n) is 10.6. The molecule has 100 valence electrons. The summed E-state index contributed by atoms with van der Waals surface area (Å²) in [5, 5.41) is 10.9. The van der Waals surface area contributed by atoms with Gasteiger partial charge in [0.2, 0.25) is 0 Å². The summed E-state index contributed by atoms with van der Waals surface area (Å²) in [5.74, 6) is 0.587. The topological polar surface area (TPSA) is 59.0 Å². The van der Waals surface area contributed by atoms with Crippen LogP contribution in [0, 0.1) is 5.92 Å². The molecule has 1 atom stereocenters. The lowest BCUT2D eigenvalue weighted by atomic mass is 10.00. The molecule has 0 radical (unpaired) electrons. The molecular formula is C12H19ClN4O. The summed E-state index contributed by atoms with van der Waals surface area (Å²) in [6.45, 7) is 5.34. The molecule has 5 nitrogen and oxygen atoms in total. The Bertz CT molecular complexity index is 454. The van der Waals surface area contributed by atoms with Crippen LogP contribution in [0.1, 0.15) is 19.8 Å². The highest BCUT2D eigenvalue weighted by Gasteiger charge is 2.14. The number of hydrogen-bond acceptors (Lipinski definition) is 4. The second-order valence-electron chi connectivity index (χ2n) is 4.59. The number of aryl methyl sites for hydroxylation is 1. The molecule has 0 amide bonds. The summed E-state index contributed by atoms with van der Waals surface area (Å²) in [7, 11) is 0. The van der Waals surface area contributed by atoms with Gasteiger partial charge in [-0.15, -0.1) is 0 Å². The summed E-state index contributed by atoms with van der Waals surface area (Å²) >= 11 is 6.04. The van der Waals surface area contributed by atoms with Gasteiger partial charge >= 0.3 is 0 Å². The number of nitrogens with one attached hydrogen (secondary N) is 2. The van der Waals surface area contributed by atoms with Crippen LogP contribution in [0.3, 0.4) is 0 Å². The van der Waals surface area contributed by atoms with Gasteiger partial charge in [0.15, 0.2) is 0 Å². The van der Waals surface area contributed by atoms with Crippen LogP contribution in [0.25, 0.3) is 0 Å². The van der Waals surface area contributed by atoms with Crippen molar-refractivity contribution in [2.75, 3.05) is 25.0 Å². The van der Waals surface area contributed by atoms with E-state index >= 15 is 0 Å². The third-order valence-electron chi connectivity index (χ3n) is 3.26. The molecule has 1 aromatic heterocycles. The molecule has 0 aliphatic carbocycles. The van der Waals surface area contributed by atoms with Crippen molar-refractivity contribution in [3.63, 3.8) is 0 Å². The van der Waals surface area contributed by atoms with Gasteiger partial charge in [-0.3, -0.25) is 4.79 Å². The second-order valence-corrected chi connectivity index (χ2v) is 4.96. The van der Waals surface area contributed by atoms with Crippen molar-refractivity contribution in [2.45, 2.75) is 26.3 Å². The van der Waals surface area contributed by atoms with Crippen LogP contribution in [0.15, 0.2) is 11.0 Å². The summed E-state index contributed by atoms with van der Waals surface area (Å²) in [6.07, 6.45) is 4.04. The third-order valence-corrected chi connectivity index (χ3v) is 3.63. The van der Waals surface area contributed by atoms with Crippen molar-refractivity contribution < 1.29 is 0 Å². The van der Waals surface area contributed by atoms with E-state index in [0.717, 1.165) is 19.6 Å². The quantitative estimate of drug-likeness (QED) is 0.867. The van der Waals surface area contributed by atoms with E-state index in [4.69, 9.17) is 11.6 Å². The van der Waals surface area contributed by atoms with E-state index in [1.165, 1.54) is 17.5 Å². The van der Waals surface area contributed by atoms with E-state index in [1.807, 2.05) is 6.92 Å².